The molecule has 2 aromatic carbocycles. The van der Waals surface area contributed by atoms with Gasteiger partial charge in [0.15, 0.2) is 5.11 Å². The molecule has 4 nitrogen and oxygen atoms in total. The van der Waals surface area contributed by atoms with Gasteiger partial charge in [-0.05, 0) is 61.7 Å². The van der Waals surface area contributed by atoms with Gasteiger partial charge in [0.2, 0.25) is 0 Å². The minimum Gasteiger partial charge on any atom is -0.360 e. The molecule has 1 aromatic heterocycles. The first-order valence-corrected chi connectivity index (χ1v) is 10.6. The Hall–Kier alpha value is -2.87. The average Bonchev–Trinajstić information content (AvgIpc) is 3.24. The topological polar surface area (TPSA) is 41.9 Å². The monoisotopic (exact) mass is 444 g/mol. The molecule has 1 saturated carbocycles. The summed E-state index contributed by atoms with van der Waals surface area (Å²) in [5.74, 6) is 0. The van der Waals surface area contributed by atoms with Gasteiger partial charge in [0.1, 0.15) is 0 Å². The summed E-state index contributed by atoms with van der Waals surface area (Å²) in [6.07, 6.45) is 3.19. The van der Waals surface area contributed by atoms with Gasteiger partial charge >= 0.3 is 6.18 Å². The van der Waals surface area contributed by atoms with E-state index in [1.54, 1.807) is 6.07 Å². The first-order chi connectivity index (χ1) is 14.9. The molecule has 0 bridgehead atoms. The fraction of sp³-hybridized carbons (Fsp3) is 0.304. The van der Waals surface area contributed by atoms with Crippen molar-refractivity contribution in [3.63, 3.8) is 0 Å². The Kier molecular flexibility index (Phi) is 6.27. The number of nitrogens with zero attached hydrogens (tertiary/aromatic N) is 2. The molecular weight excluding hydrogens is 421 g/mol. The lowest BCUT2D eigenvalue weighted by Crippen LogP contribution is -2.40. The second kappa shape index (κ2) is 9.09. The number of benzene rings is 2. The van der Waals surface area contributed by atoms with E-state index < -0.39 is 11.7 Å². The lowest BCUT2D eigenvalue weighted by molar-refractivity contribution is -0.137. The van der Waals surface area contributed by atoms with E-state index in [4.69, 9.17) is 12.2 Å². The molecule has 0 saturated heterocycles. The molecule has 31 heavy (non-hydrogen) atoms. The Morgan fingerprint density at radius 1 is 1.00 bits per heavy atom. The fourth-order valence-corrected chi connectivity index (χ4v) is 4.34. The summed E-state index contributed by atoms with van der Waals surface area (Å²) in [7, 11) is 0. The van der Waals surface area contributed by atoms with Crippen LogP contribution in [0, 0.1) is 0 Å². The normalized spacial score (nSPS) is 19.1. The van der Waals surface area contributed by atoms with Crippen molar-refractivity contribution in [2.45, 2.75) is 43.9 Å². The minimum atomic E-state index is -4.38. The van der Waals surface area contributed by atoms with Crippen molar-refractivity contribution in [3.8, 4) is 11.3 Å². The third-order valence-corrected chi connectivity index (χ3v) is 5.83. The molecule has 8 heteroatoms. The molecule has 0 amide bonds. The molecule has 3 aromatic rings. The predicted molar refractivity (Wildman–Crippen MR) is 120 cm³/mol. The lowest BCUT2D eigenvalue weighted by atomic mass is 9.90. The van der Waals surface area contributed by atoms with E-state index in [-0.39, 0.29) is 6.04 Å². The number of aromatic nitrogens is 2. The maximum absolute atomic E-state index is 12.9. The van der Waals surface area contributed by atoms with Crippen LogP contribution in [0.1, 0.15) is 37.3 Å². The highest BCUT2D eigenvalue weighted by Crippen LogP contribution is 2.33. The summed E-state index contributed by atoms with van der Waals surface area (Å²) in [6, 6.07) is 15.8. The second-order valence-corrected chi connectivity index (χ2v) is 8.14. The number of nitrogens with one attached hydrogen (secondary N) is 2. The quantitative estimate of drug-likeness (QED) is 0.482. The van der Waals surface area contributed by atoms with Crippen molar-refractivity contribution in [3.05, 3.63) is 72.7 Å². The SMILES string of the molecule is FC(F)(F)c1cccc(NC(=S)NC2CCC(n3cncc3-c3ccccc3)CC2)c1. The zero-order chi connectivity index (χ0) is 21.8. The fourth-order valence-electron chi connectivity index (χ4n) is 4.05. The summed E-state index contributed by atoms with van der Waals surface area (Å²) >= 11 is 5.33. The highest BCUT2D eigenvalue weighted by atomic mass is 32.1. The van der Waals surface area contributed by atoms with Crippen LogP contribution in [0.25, 0.3) is 11.3 Å². The maximum Gasteiger partial charge on any atom is 0.416 e. The number of anilines is 1. The van der Waals surface area contributed by atoms with Gasteiger partial charge < -0.3 is 15.2 Å². The number of imidazole rings is 1. The Balaban J connectivity index is 1.32. The first-order valence-electron chi connectivity index (χ1n) is 10.2. The Labute approximate surface area is 184 Å². The van der Waals surface area contributed by atoms with Gasteiger partial charge in [-0.25, -0.2) is 4.98 Å². The van der Waals surface area contributed by atoms with Crippen molar-refractivity contribution in [1.29, 1.82) is 0 Å². The number of halogens is 3. The number of thiocarbonyl (C=S) groups is 1. The van der Waals surface area contributed by atoms with Crippen LogP contribution in [0.3, 0.4) is 0 Å². The zero-order valence-electron chi connectivity index (χ0n) is 16.8. The molecule has 0 spiro atoms. The lowest BCUT2D eigenvalue weighted by Gasteiger charge is -2.31. The van der Waals surface area contributed by atoms with Crippen molar-refractivity contribution in [2.24, 2.45) is 0 Å². The summed E-state index contributed by atoms with van der Waals surface area (Å²) in [5.41, 5.74) is 1.88. The maximum atomic E-state index is 12.9. The molecule has 1 aliphatic carbocycles. The Morgan fingerprint density at radius 3 is 2.45 bits per heavy atom. The van der Waals surface area contributed by atoms with Crippen molar-refractivity contribution < 1.29 is 13.2 Å². The van der Waals surface area contributed by atoms with Gasteiger partial charge in [0.05, 0.1) is 23.8 Å². The van der Waals surface area contributed by atoms with Crippen LogP contribution in [0.5, 0.6) is 0 Å². The van der Waals surface area contributed by atoms with Crippen LogP contribution >= 0.6 is 12.2 Å². The zero-order valence-corrected chi connectivity index (χ0v) is 17.6. The summed E-state index contributed by atoms with van der Waals surface area (Å²) in [5, 5.41) is 6.47. The van der Waals surface area contributed by atoms with E-state index in [0.717, 1.165) is 49.1 Å². The van der Waals surface area contributed by atoms with E-state index in [1.165, 1.54) is 6.07 Å². The molecule has 1 heterocycles. The average molecular weight is 445 g/mol. The van der Waals surface area contributed by atoms with Crippen LogP contribution in [-0.4, -0.2) is 20.7 Å². The molecule has 162 valence electrons. The third-order valence-electron chi connectivity index (χ3n) is 5.61. The standard InChI is InChI=1S/C23H23F3N4S/c24-23(25,26)17-7-4-8-19(13-17)29-22(31)28-18-9-11-20(12-10-18)30-15-27-14-21(30)16-5-2-1-3-6-16/h1-8,13-15,18,20H,9-12H2,(H2,28,29,31). The summed E-state index contributed by atoms with van der Waals surface area (Å²) in [6.45, 7) is 0. The van der Waals surface area contributed by atoms with Crippen molar-refractivity contribution in [1.82, 2.24) is 14.9 Å². The van der Waals surface area contributed by atoms with Gasteiger partial charge in [-0.3, -0.25) is 0 Å². The van der Waals surface area contributed by atoms with E-state index in [2.05, 4.69) is 32.3 Å². The summed E-state index contributed by atoms with van der Waals surface area (Å²) < 4.78 is 40.9. The number of alkyl halides is 3. The molecule has 0 radical (unpaired) electrons. The molecular formula is C23H23F3N4S. The van der Waals surface area contributed by atoms with Gasteiger partial charge in [0, 0.05) is 17.8 Å². The molecule has 4 rings (SSSR count). The molecule has 1 fully saturated rings. The van der Waals surface area contributed by atoms with Crippen LogP contribution in [-0.2, 0) is 6.18 Å². The Bertz CT molecular complexity index is 1020. The predicted octanol–water partition coefficient (Wildman–Crippen LogP) is 6.04. The molecule has 2 N–H and O–H groups in total. The highest BCUT2D eigenvalue weighted by molar-refractivity contribution is 7.80. The van der Waals surface area contributed by atoms with Crippen molar-refractivity contribution in [2.75, 3.05) is 5.32 Å². The number of hydrogen-bond acceptors (Lipinski definition) is 2. The minimum absolute atomic E-state index is 0.186. The smallest absolute Gasteiger partial charge is 0.360 e. The molecule has 0 unspecified atom stereocenters. The summed E-state index contributed by atoms with van der Waals surface area (Å²) in [4.78, 5) is 4.35. The van der Waals surface area contributed by atoms with E-state index in [0.29, 0.717) is 16.8 Å². The van der Waals surface area contributed by atoms with E-state index in [9.17, 15) is 13.2 Å². The largest absolute Gasteiger partial charge is 0.416 e. The van der Waals surface area contributed by atoms with Gasteiger partial charge in [-0.2, -0.15) is 13.2 Å². The van der Waals surface area contributed by atoms with Gasteiger partial charge in [-0.1, -0.05) is 36.4 Å². The third kappa shape index (κ3) is 5.25. The Morgan fingerprint density at radius 2 is 1.74 bits per heavy atom. The van der Waals surface area contributed by atoms with Crippen LogP contribution < -0.4 is 10.6 Å². The molecule has 0 atom stereocenters. The molecule has 1 aliphatic rings. The number of hydrogen-bond donors (Lipinski definition) is 2. The van der Waals surface area contributed by atoms with E-state index in [1.807, 2.05) is 30.7 Å². The first kappa shape index (κ1) is 21.4. The van der Waals surface area contributed by atoms with E-state index >= 15 is 0 Å². The van der Waals surface area contributed by atoms with Crippen LogP contribution in [0.2, 0.25) is 0 Å². The van der Waals surface area contributed by atoms with Crippen LogP contribution in [0.4, 0.5) is 18.9 Å². The second-order valence-electron chi connectivity index (χ2n) is 7.73. The van der Waals surface area contributed by atoms with Gasteiger partial charge in [-0.15, -0.1) is 0 Å². The molecule has 0 aliphatic heterocycles. The van der Waals surface area contributed by atoms with Gasteiger partial charge in [0.25, 0.3) is 0 Å². The number of rotatable bonds is 4. The van der Waals surface area contributed by atoms with Crippen molar-refractivity contribution >= 4 is 23.0 Å². The van der Waals surface area contributed by atoms with Crippen LogP contribution in [0.15, 0.2) is 67.1 Å². The highest BCUT2D eigenvalue weighted by Gasteiger charge is 2.30.